The van der Waals surface area contributed by atoms with Crippen LogP contribution in [-0.4, -0.2) is 51.7 Å². The van der Waals surface area contributed by atoms with E-state index in [-0.39, 0.29) is 6.42 Å². The maximum atomic E-state index is 12.4. The first-order chi connectivity index (χ1) is 13.4. The van der Waals surface area contributed by atoms with Crippen LogP contribution >= 0.6 is 0 Å². The minimum atomic E-state index is -4.23. The van der Waals surface area contributed by atoms with Crippen molar-refractivity contribution >= 4 is 16.2 Å². The zero-order valence-corrected chi connectivity index (χ0v) is 19.1. The number of benzene rings is 1. The maximum Gasteiger partial charge on any atom is 0.329 e. The average Bonchev–Trinajstić information content (AvgIpc) is 2.60. The normalized spacial score (nSPS) is 14.5. The highest BCUT2D eigenvalue weighted by molar-refractivity contribution is 7.87. The number of nitrogens with zero attached hydrogens (tertiary/aromatic N) is 1. The summed E-state index contributed by atoms with van der Waals surface area (Å²) >= 11 is 0. The molecule has 0 bridgehead atoms. The van der Waals surface area contributed by atoms with Crippen molar-refractivity contribution in [3.05, 3.63) is 35.4 Å². The second-order valence-electron chi connectivity index (χ2n) is 8.80. The second-order valence-corrected chi connectivity index (χ2v) is 10.1. The molecule has 0 spiro atoms. The molecule has 0 aromatic heterocycles. The Morgan fingerprint density at radius 3 is 2.24 bits per heavy atom. The maximum absolute atomic E-state index is 12.4. The Kier molecular flexibility index (Phi) is 9.75. The van der Waals surface area contributed by atoms with Crippen molar-refractivity contribution in [1.82, 2.24) is 4.72 Å². The molecule has 0 saturated carbocycles. The minimum Gasteiger partial charge on any atom is -0.480 e. The summed E-state index contributed by atoms with van der Waals surface area (Å²) in [5.41, 5.74) is -0.468. The number of aryl methyl sites for hydroxylation is 1. The molecule has 8 heteroatoms. The second kappa shape index (κ2) is 11.1. The molecule has 7 nitrogen and oxygen atoms in total. The molecule has 4 N–H and O–H groups in total. The number of hydrogen-bond acceptors (Lipinski definition) is 3. The number of nitrogens with two attached hydrogens (primary N) is 1. The third kappa shape index (κ3) is 8.82. The van der Waals surface area contributed by atoms with E-state index >= 15 is 0 Å². The highest BCUT2D eigenvalue weighted by Crippen LogP contribution is 2.31. The van der Waals surface area contributed by atoms with E-state index in [1.807, 2.05) is 33.3 Å². The molecule has 0 aliphatic heterocycles. The fourth-order valence-electron chi connectivity index (χ4n) is 3.50. The number of carbonyl (C=O) groups is 1. The Bertz CT molecular complexity index is 759. The number of quaternary nitrogens is 1. The van der Waals surface area contributed by atoms with Crippen LogP contribution < -0.4 is 9.86 Å². The van der Waals surface area contributed by atoms with Gasteiger partial charge in [-0.25, -0.2) is 9.93 Å². The molecule has 0 aliphatic carbocycles. The molecule has 0 radical (unpaired) electrons. The Morgan fingerprint density at radius 2 is 1.69 bits per heavy atom. The van der Waals surface area contributed by atoms with E-state index in [4.69, 9.17) is 5.14 Å². The quantitative estimate of drug-likeness (QED) is 0.313. The van der Waals surface area contributed by atoms with Gasteiger partial charge >= 0.3 is 5.97 Å². The van der Waals surface area contributed by atoms with Crippen molar-refractivity contribution in [3.63, 3.8) is 0 Å². The fraction of sp³-hybridized carbons (Fsp3) is 0.667. The van der Waals surface area contributed by atoms with Crippen molar-refractivity contribution in [3.8, 4) is 0 Å². The van der Waals surface area contributed by atoms with Gasteiger partial charge in [0.15, 0.2) is 5.54 Å². The molecule has 1 unspecified atom stereocenters. The lowest BCUT2D eigenvalue weighted by Gasteiger charge is -2.34. The van der Waals surface area contributed by atoms with Crippen LogP contribution in [0.5, 0.6) is 0 Å². The molecule has 1 atom stereocenters. The predicted octanol–water partition coefficient (Wildman–Crippen LogP) is 2.76. The first kappa shape index (κ1) is 25.6. The molecule has 0 aliphatic rings. The van der Waals surface area contributed by atoms with Gasteiger partial charge in [0.25, 0.3) is 10.2 Å². The van der Waals surface area contributed by atoms with Gasteiger partial charge in [0, 0.05) is 6.42 Å². The van der Waals surface area contributed by atoms with Gasteiger partial charge in [-0.1, -0.05) is 63.3 Å². The molecule has 0 amide bonds. The smallest absolute Gasteiger partial charge is 0.329 e. The summed E-state index contributed by atoms with van der Waals surface area (Å²) in [6.45, 7) is 2.64. The lowest BCUT2D eigenvalue weighted by atomic mass is 9.82. The first-order valence-corrected chi connectivity index (χ1v) is 11.9. The molecule has 1 rings (SSSR count). The van der Waals surface area contributed by atoms with E-state index in [1.54, 1.807) is 12.1 Å². The zero-order chi connectivity index (χ0) is 22.1. The van der Waals surface area contributed by atoms with Gasteiger partial charge in [0.1, 0.15) is 0 Å². The zero-order valence-electron chi connectivity index (χ0n) is 18.3. The SMILES string of the molecule is CCCCCCCCc1ccccc1C(CC[N+](C)(C)C)(NS(N)(=O)=O)C(=O)O. The van der Waals surface area contributed by atoms with Crippen molar-refractivity contribution in [1.29, 1.82) is 0 Å². The molecular weight excluding hydrogens is 390 g/mol. The van der Waals surface area contributed by atoms with E-state index < -0.39 is 21.7 Å². The van der Waals surface area contributed by atoms with Crippen LogP contribution in [0.25, 0.3) is 0 Å². The molecule has 1 aromatic carbocycles. The standard InChI is InChI=1S/C21H37N3O4S/c1-5-6-7-8-9-10-13-18-14-11-12-15-19(18)21(20(25)26,23-29(22,27)28)16-17-24(2,3)4/h11-12,14-15,23H,5-10,13,16-17H2,1-4H3,(H2-,22,25,26,27,28)/p+1. The summed E-state index contributed by atoms with van der Waals surface area (Å²) in [7, 11) is 1.58. The Labute approximate surface area is 176 Å². The number of hydrogen-bond donors (Lipinski definition) is 3. The number of nitrogens with one attached hydrogen (secondary N) is 1. The lowest BCUT2D eigenvalue weighted by molar-refractivity contribution is -0.871. The van der Waals surface area contributed by atoms with E-state index in [9.17, 15) is 18.3 Å². The minimum absolute atomic E-state index is 0.0930. The van der Waals surface area contributed by atoms with Crippen LogP contribution in [0.1, 0.15) is 63.0 Å². The summed E-state index contributed by atoms with van der Waals surface area (Å²) in [5.74, 6) is -1.24. The number of rotatable bonds is 14. The highest BCUT2D eigenvalue weighted by atomic mass is 32.2. The molecule has 0 fully saturated rings. The highest BCUT2D eigenvalue weighted by Gasteiger charge is 2.45. The van der Waals surface area contributed by atoms with Gasteiger partial charge in [0.2, 0.25) is 0 Å². The Balaban J connectivity index is 3.22. The number of aliphatic carboxylic acids is 1. The van der Waals surface area contributed by atoms with Gasteiger partial charge in [-0.05, 0) is 24.0 Å². The van der Waals surface area contributed by atoms with Gasteiger partial charge in [-0.3, -0.25) is 0 Å². The van der Waals surface area contributed by atoms with Crippen LogP contribution in [0.2, 0.25) is 0 Å². The van der Waals surface area contributed by atoms with Crippen molar-refractivity contribution in [2.75, 3.05) is 27.7 Å². The van der Waals surface area contributed by atoms with E-state index in [0.717, 1.165) is 24.8 Å². The van der Waals surface area contributed by atoms with Gasteiger partial charge < -0.3 is 9.59 Å². The molecular formula is C21H38N3O4S+. The summed E-state index contributed by atoms with van der Waals surface area (Å²) in [4.78, 5) is 12.4. The van der Waals surface area contributed by atoms with E-state index in [1.165, 1.54) is 19.3 Å². The third-order valence-corrected chi connectivity index (χ3v) is 5.75. The van der Waals surface area contributed by atoms with Crippen LogP contribution in [0.4, 0.5) is 0 Å². The molecule has 0 saturated heterocycles. The average molecular weight is 429 g/mol. The summed E-state index contributed by atoms with van der Waals surface area (Å²) in [5, 5.41) is 15.4. The van der Waals surface area contributed by atoms with Crippen molar-refractivity contribution in [2.24, 2.45) is 5.14 Å². The Hall–Kier alpha value is -1.48. The van der Waals surface area contributed by atoms with Gasteiger partial charge in [-0.2, -0.15) is 13.1 Å². The topological polar surface area (TPSA) is 109 Å². The molecule has 166 valence electrons. The molecule has 0 heterocycles. The number of carboxylic acids is 1. The fourth-order valence-corrected chi connectivity index (χ4v) is 4.29. The van der Waals surface area contributed by atoms with Gasteiger partial charge in [-0.15, -0.1) is 0 Å². The van der Waals surface area contributed by atoms with Crippen LogP contribution in [0.15, 0.2) is 24.3 Å². The predicted molar refractivity (Wildman–Crippen MR) is 117 cm³/mol. The lowest BCUT2D eigenvalue weighted by Crippen LogP contribution is -2.56. The van der Waals surface area contributed by atoms with Gasteiger partial charge in [0.05, 0.1) is 27.7 Å². The van der Waals surface area contributed by atoms with Crippen molar-refractivity contribution in [2.45, 2.75) is 63.8 Å². The first-order valence-electron chi connectivity index (χ1n) is 10.4. The van der Waals surface area contributed by atoms with Crippen molar-refractivity contribution < 1.29 is 22.8 Å². The summed E-state index contributed by atoms with van der Waals surface area (Å²) in [6, 6.07) is 7.19. The van der Waals surface area contributed by atoms with E-state index in [0.29, 0.717) is 23.0 Å². The molecule has 1 aromatic rings. The Morgan fingerprint density at radius 1 is 1.10 bits per heavy atom. The van der Waals surface area contributed by atoms with Crippen LogP contribution in [-0.2, 0) is 27.0 Å². The van der Waals surface area contributed by atoms with Crippen LogP contribution in [0.3, 0.4) is 0 Å². The summed E-state index contributed by atoms with van der Waals surface area (Å²) < 4.78 is 26.6. The summed E-state index contributed by atoms with van der Waals surface area (Å²) in [6.07, 6.45) is 7.56. The number of unbranched alkanes of at least 4 members (excludes halogenated alkanes) is 5. The van der Waals surface area contributed by atoms with Crippen LogP contribution in [0, 0.1) is 0 Å². The largest absolute Gasteiger partial charge is 0.480 e. The van der Waals surface area contributed by atoms with E-state index in [2.05, 4.69) is 11.6 Å². The monoisotopic (exact) mass is 428 g/mol. The molecule has 29 heavy (non-hydrogen) atoms. The number of carboxylic acid groups (broad SMARTS) is 1. The third-order valence-electron chi connectivity index (χ3n) is 5.12.